The molecular formula is C14H19N5O5. The summed E-state index contributed by atoms with van der Waals surface area (Å²) in [5.41, 5.74) is 0. The SMILES string of the molecule is O=C(O)NC1CCC(C2CN=CCOc3nc([N+](=O)[O-])cn32)CC1. The first-order chi connectivity index (χ1) is 11.5. The van der Waals surface area contributed by atoms with E-state index in [1.807, 2.05) is 0 Å². The third kappa shape index (κ3) is 3.47. The van der Waals surface area contributed by atoms with E-state index in [2.05, 4.69) is 15.3 Å². The van der Waals surface area contributed by atoms with Crippen LogP contribution in [0.4, 0.5) is 10.6 Å². The fraction of sp³-hybridized carbons (Fsp3) is 0.643. The van der Waals surface area contributed by atoms with Crippen molar-refractivity contribution >= 4 is 18.1 Å². The van der Waals surface area contributed by atoms with Gasteiger partial charge in [0.25, 0.3) is 0 Å². The third-order valence-corrected chi connectivity index (χ3v) is 4.58. The number of rotatable bonds is 3. The van der Waals surface area contributed by atoms with Gasteiger partial charge < -0.3 is 25.3 Å². The summed E-state index contributed by atoms with van der Waals surface area (Å²) < 4.78 is 7.17. The molecule has 0 aromatic carbocycles. The zero-order valence-electron chi connectivity index (χ0n) is 13.0. The van der Waals surface area contributed by atoms with Crippen LogP contribution < -0.4 is 10.1 Å². The Labute approximate surface area is 137 Å². The summed E-state index contributed by atoms with van der Waals surface area (Å²) in [6.45, 7) is 0.738. The highest BCUT2D eigenvalue weighted by molar-refractivity contribution is 5.64. The van der Waals surface area contributed by atoms with Gasteiger partial charge in [-0.2, -0.15) is 0 Å². The zero-order valence-corrected chi connectivity index (χ0v) is 13.0. The Hall–Kier alpha value is -2.65. The van der Waals surface area contributed by atoms with E-state index in [0.717, 1.165) is 25.7 Å². The van der Waals surface area contributed by atoms with Crippen molar-refractivity contribution in [3.63, 3.8) is 0 Å². The number of carboxylic acid groups (broad SMARTS) is 1. The largest absolute Gasteiger partial charge is 0.465 e. The van der Waals surface area contributed by atoms with Gasteiger partial charge in [0.1, 0.15) is 12.8 Å². The highest BCUT2D eigenvalue weighted by Crippen LogP contribution is 2.36. The van der Waals surface area contributed by atoms with E-state index in [1.54, 1.807) is 10.8 Å². The van der Waals surface area contributed by atoms with Crippen LogP contribution in [-0.4, -0.2) is 51.1 Å². The second-order valence-corrected chi connectivity index (χ2v) is 6.03. The van der Waals surface area contributed by atoms with E-state index in [4.69, 9.17) is 9.84 Å². The second-order valence-electron chi connectivity index (χ2n) is 6.03. The quantitative estimate of drug-likeness (QED) is 0.636. The van der Waals surface area contributed by atoms with Gasteiger partial charge in [-0.25, -0.2) is 4.79 Å². The lowest BCUT2D eigenvalue weighted by molar-refractivity contribution is -0.389. The van der Waals surface area contributed by atoms with Gasteiger partial charge in [-0.15, -0.1) is 0 Å². The predicted octanol–water partition coefficient (Wildman–Crippen LogP) is 1.62. The number of nitro groups is 1. The molecular weight excluding hydrogens is 318 g/mol. The van der Waals surface area contributed by atoms with Crippen molar-refractivity contribution in [2.45, 2.75) is 37.8 Å². The van der Waals surface area contributed by atoms with Crippen LogP contribution in [0.2, 0.25) is 0 Å². The minimum Gasteiger partial charge on any atom is -0.465 e. The lowest BCUT2D eigenvalue weighted by Crippen LogP contribution is -2.38. The van der Waals surface area contributed by atoms with Crippen LogP contribution in [0.1, 0.15) is 31.7 Å². The molecule has 1 atom stereocenters. The van der Waals surface area contributed by atoms with Crippen molar-refractivity contribution in [3.05, 3.63) is 16.3 Å². The Bertz CT molecular complexity index is 650. The third-order valence-electron chi connectivity index (χ3n) is 4.58. The molecule has 2 aliphatic rings. The van der Waals surface area contributed by atoms with Crippen LogP contribution in [0.5, 0.6) is 6.01 Å². The highest BCUT2D eigenvalue weighted by Gasteiger charge is 2.34. The number of imidazole rings is 1. The normalized spacial score (nSPS) is 26.6. The molecule has 1 unspecified atom stereocenters. The first-order valence-corrected chi connectivity index (χ1v) is 7.88. The summed E-state index contributed by atoms with van der Waals surface area (Å²) in [7, 11) is 0. The van der Waals surface area contributed by atoms with Crippen molar-refractivity contribution in [2.24, 2.45) is 10.9 Å². The maximum Gasteiger partial charge on any atom is 0.414 e. The van der Waals surface area contributed by atoms with Gasteiger partial charge in [-0.05, 0) is 36.5 Å². The molecule has 0 bridgehead atoms. The number of ether oxygens (including phenoxy) is 1. The maximum atomic E-state index is 11.0. The van der Waals surface area contributed by atoms with Gasteiger partial charge in [0.15, 0.2) is 0 Å². The van der Waals surface area contributed by atoms with E-state index >= 15 is 0 Å². The summed E-state index contributed by atoms with van der Waals surface area (Å²) >= 11 is 0. The van der Waals surface area contributed by atoms with Gasteiger partial charge >= 0.3 is 17.9 Å². The number of fused-ring (bicyclic) bond motifs is 1. The molecule has 130 valence electrons. The Kier molecular flexibility index (Phi) is 4.63. The topological polar surface area (TPSA) is 132 Å². The van der Waals surface area contributed by atoms with E-state index in [9.17, 15) is 14.9 Å². The zero-order chi connectivity index (χ0) is 17.1. The Morgan fingerprint density at radius 2 is 2.17 bits per heavy atom. The molecule has 24 heavy (non-hydrogen) atoms. The van der Waals surface area contributed by atoms with Crippen LogP contribution in [-0.2, 0) is 0 Å². The van der Waals surface area contributed by atoms with Gasteiger partial charge in [0.2, 0.25) is 0 Å². The summed E-state index contributed by atoms with van der Waals surface area (Å²) in [5, 5.41) is 22.3. The van der Waals surface area contributed by atoms with E-state index in [-0.39, 0.29) is 36.4 Å². The molecule has 2 heterocycles. The molecule has 10 nitrogen and oxygen atoms in total. The number of carbonyl (C=O) groups is 1. The van der Waals surface area contributed by atoms with Crippen molar-refractivity contribution in [1.29, 1.82) is 0 Å². The minimum atomic E-state index is -1.00. The number of nitrogens with one attached hydrogen (secondary N) is 1. The molecule has 1 aliphatic heterocycles. The molecule has 1 aromatic rings. The van der Waals surface area contributed by atoms with Crippen molar-refractivity contribution in [1.82, 2.24) is 14.9 Å². The Morgan fingerprint density at radius 3 is 2.83 bits per heavy atom. The van der Waals surface area contributed by atoms with Gasteiger partial charge in [-0.1, -0.05) is 0 Å². The highest BCUT2D eigenvalue weighted by atomic mass is 16.6. The molecule has 0 spiro atoms. The van der Waals surface area contributed by atoms with Gasteiger partial charge in [0.05, 0.1) is 12.6 Å². The molecule has 1 aromatic heterocycles. The summed E-state index contributed by atoms with van der Waals surface area (Å²) in [6, 6.07) is 0.121. The average molecular weight is 337 g/mol. The van der Waals surface area contributed by atoms with Crippen LogP contribution in [0.3, 0.4) is 0 Å². The van der Waals surface area contributed by atoms with Crippen LogP contribution in [0.25, 0.3) is 0 Å². The first-order valence-electron chi connectivity index (χ1n) is 7.88. The molecule has 0 saturated heterocycles. The number of aliphatic imine (C=N–C) groups is 1. The molecule has 2 N–H and O–H groups in total. The molecule has 1 aliphatic carbocycles. The number of aromatic nitrogens is 2. The molecule has 3 rings (SSSR count). The molecule has 1 saturated carbocycles. The van der Waals surface area contributed by atoms with Gasteiger partial charge in [-0.3, -0.25) is 9.56 Å². The first kappa shape index (κ1) is 16.2. The lowest BCUT2D eigenvalue weighted by Gasteiger charge is -2.33. The Morgan fingerprint density at radius 1 is 1.42 bits per heavy atom. The second kappa shape index (κ2) is 6.85. The number of nitrogens with zero attached hydrogens (tertiary/aromatic N) is 4. The predicted molar refractivity (Wildman–Crippen MR) is 83.7 cm³/mol. The maximum absolute atomic E-state index is 11.0. The Balaban J connectivity index is 1.77. The summed E-state index contributed by atoms with van der Waals surface area (Å²) in [4.78, 5) is 29.5. The van der Waals surface area contributed by atoms with Crippen molar-refractivity contribution in [3.8, 4) is 6.01 Å². The average Bonchev–Trinajstić information content (AvgIpc) is 2.92. The fourth-order valence-corrected chi connectivity index (χ4v) is 3.43. The number of amides is 1. The number of hydrogen-bond donors (Lipinski definition) is 2. The van der Waals surface area contributed by atoms with E-state index in [1.165, 1.54) is 6.20 Å². The monoisotopic (exact) mass is 337 g/mol. The van der Waals surface area contributed by atoms with Gasteiger partial charge in [0, 0.05) is 17.2 Å². The van der Waals surface area contributed by atoms with Crippen molar-refractivity contribution in [2.75, 3.05) is 13.2 Å². The summed E-state index contributed by atoms with van der Waals surface area (Å²) in [5.74, 6) is 0.00128. The summed E-state index contributed by atoms with van der Waals surface area (Å²) in [6.07, 6.45) is 5.16. The molecule has 1 amide bonds. The molecule has 1 fully saturated rings. The van der Waals surface area contributed by atoms with E-state index in [0.29, 0.717) is 6.54 Å². The van der Waals surface area contributed by atoms with Crippen LogP contribution >= 0.6 is 0 Å². The smallest absolute Gasteiger partial charge is 0.414 e. The number of hydrogen-bond acceptors (Lipinski definition) is 6. The molecule has 0 radical (unpaired) electrons. The fourth-order valence-electron chi connectivity index (χ4n) is 3.43. The van der Waals surface area contributed by atoms with Crippen molar-refractivity contribution < 1.29 is 19.6 Å². The van der Waals surface area contributed by atoms with E-state index < -0.39 is 11.0 Å². The minimum absolute atomic E-state index is 0.0383. The van der Waals surface area contributed by atoms with Crippen LogP contribution in [0.15, 0.2) is 11.2 Å². The molecule has 10 heteroatoms. The standard InChI is InChI=1S/C14H19N5O5/c20-14(21)16-10-3-1-9(2-4-10)11-7-15-5-6-24-13-17-12(19(22)23)8-18(11)13/h5,8-11,16H,1-4,6-7H2,(H,20,21). The van der Waals surface area contributed by atoms with Crippen LogP contribution in [0, 0.1) is 16.0 Å². The lowest BCUT2D eigenvalue weighted by atomic mass is 9.81.